The normalized spacial score (nSPS) is 15.1. The second-order valence-corrected chi connectivity index (χ2v) is 8.09. The third-order valence-electron chi connectivity index (χ3n) is 5.37. The van der Waals surface area contributed by atoms with Crippen LogP contribution in [0.3, 0.4) is 0 Å². The molecule has 3 aromatic rings. The van der Waals surface area contributed by atoms with Crippen LogP contribution >= 0.6 is 12.2 Å². The number of benzene rings is 3. The van der Waals surface area contributed by atoms with E-state index in [0.717, 1.165) is 28.1 Å². The number of nitrogens with zero attached hydrogens (tertiary/aromatic N) is 2. The van der Waals surface area contributed by atoms with Gasteiger partial charge in [0, 0.05) is 5.56 Å². The number of rotatable bonds is 7. The number of anilines is 2. The summed E-state index contributed by atoms with van der Waals surface area (Å²) in [7, 11) is 1.45. The molecule has 8 nitrogen and oxygen atoms in total. The quantitative estimate of drug-likeness (QED) is 0.472. The highest BCUT2D eigenvalue weighted by Gasteiger charge is 2.45. The van der Waals surface area contributed by atoms with Crippen molar-refractivity contribution in [2.24, 2.45) is 0 Å². The maximum Gasteiger partial charge on any atom is 0.269 e. The molecule has 1 saturated heterocycles. The Balaban J connectivity index is 1.61. The monoisotopic (exact) mass is 510 g/mol. The molecule has 1 atom stereocenters. The third-order valence-corrected chi connectivity index (χ3v) is 5.75. The van der Waals surface area contributed by atoms with Crippen LogP contribution in [-0.4, -0.2) is 41.0 Å². The standard InChI is InChI=1S/C25H20F2N4O4S/c1-35-21-8-3-2-7-19(21)28-22(32)14-20-24(34)30(18-11-9-16(26)10-12-18)25(36)31(20)29-23(33)15-5-4-6-17(27)13-15/h2-13,20H,14H2,1H3,(H,28,32)(H,29,33). The summed E-state index contributed by atoms with van der Waals surface area (Å²) in [5.74, 6) is -2.61. The van der Waals surface area contributed by atoms with Crippen LogP contribution < -0.4 is 20.4 Å². The highest BCUT2D eigenvalue weighted by atomic mass is 32.1. The second kappa shape index (κ2) is 10.5. The number of hydrazine groups is 1. The average Bonchev–Trinajstić information content (AvgIpc) is 3.08. The lowest BCUT2D eigenvalue weighted by atomic mass is 10.1. The third kappa shape index (κ3) is 5.15. The van der Waals surface area contributed by atoms with E-state index in [2.05, 4.69) is 10.7 Å². The summed E-state index contributed by atoms with van der Waals surface area (Å²) in [5, 5.41) is 3.63. The van der Waals surface area contributed by atoms with E-state index in [1.54, 1.807) is 24.3 Å². The Morgan fingerprint density at radius 1 is 1.00 bits per heavy atom. The molecule has 0 saturated carbocycles. The Morgan fingerprint density at radius 3 is 2.42 bits per heavy atom. The van der Waals surface area contributed by atoms with Crippen LogP contribution in [-0.2, 0) is 9.59 Å². The molecule has 0 bridgehead atoms. The summed E-state index contributed by atoms with van der Waals surface area (Å²) >= 11 is 5.44. The topological polar surface area (TPSA) is 91.0 Å². The van der Waals surface area contributed by atoms with Crippen LogP contribution in [0.5, 0.6) is 5.75 Å². The average molecular weight is 511 g/mol. The number of carbonyl (C=O) groups excluding carboxylic acids is 3. The summed E-state index contributed by atoms with van der Waals surface area (Å²) in [6.45, 7) is 0. The van der Waals surface area contributed by atoms with E-state index in [4.69, 9.17) is 17.0 Å². The minimum absolute atomic E-state index is 0.0114. The molecule has 1 fully saturated rings. The Labute approximate surface area is 210 Å². The molecule has 0 spiro atoms. The van der Waals surface area contributed by atoms with Crippen molar-refractivity contribution in [1.29, 1.82) is 0 Å². The van der Waals surface area contributed by atoms with Gasteiger partial charge in [-0.2, -0.15) is 0 Å². The minimum Gasteiger partial charge on any atom is -0.495 e. The van der Waals surface area contributed by atoms with Gasteiger partial charge in [0.15, 0.2) is 0 Å². The van der Waals surface area contributed by atoms with Gasteiger partial charge in [-0.05, 0) is 66.8 Å². The molecule has 11 heteroatoms. The van der Waals surface area contributed by atoms with E-state index in [0.29, 0.717) is 11.4 Å². The predicted molar refractivity (Wildman–Crippen MR) is 132 cm³/mol. The van der Waals surface area contributed by atoms with Gasteiger partial charge < -0.3 is 10.1 Å². The molecule has 3 aromatic carbocycles. The number of methoxy groups -OCH3 is 1. The molecule has 184 valence electrons. The van der Waals surface area contributed by atoms with Crippen molar-refractivity contribution in [2.75, 3.05) is 17.3 Å². The lowest BCUT2D eigenvalue weighted by Crippen LogP contribution is -2.49. The zero-order valence-corrected chi connectivity index (χ0v) is 19.7. The van der Waals surface area contributed by atoms with E-state index in [-0.39, 0.29) is 16.4 Å². The van der Waals surface area contributed by atoms with Crippen LogP contribution in [0.1, 0.15) is 16.8 Å². The smallest absolute Gasteiger partial charge is 0.269 e. The number of para-hydroxylation sites is 2. The molecule has 1 unspecified atom stereocenters. The van der Waals surface area contributed by atoms with Gasteiger partial charge in [-0.25, -0.2) is 13.8 Å². The molecular formula is C25H20F2N4O4S. The Morgan fingerprint density at radius 2 is 1.72 bits per heavy atom. The molecule has 0 aromatic heterocycles. The minimum atomic E-state index is -1.23. The number of hydrogen-bond donors (Lipinski definition) is 2. The van der Waals surface area contributed by atoms with E-state index in [1.807, 2.05) is 0 Å². The van der Waals surface area contributed by atoms with Crippen molar-refractivity contribution in [3.8, 4) is 5.75 Å². The van der Waals surface area contributed by atoms with E-state index < -0.39 is 41.8 Å². The maximum absolute atomic E-state index is 13.6. The number of hydrogen-bond acceptors (Lipinski definition) is 5. The fourth-order valence-electron chi connectivity index (χ4n) is 3.66. The summed E-state index contributed by atoms with van der Waals surface area (Å²) in [6.07, 6.45) is -0.391. The van der Waals surface area contributed by atoms with Crippen molar-refractivity contribution in [3.63, 3.8) is 0 Å². The Bertz CT molecular complexity index is 1340. The van der Waals surface area contributed by atoms with Gasteiger partial charge in [-0.15, -0.1) is 0 Å². The first-order valence-electron chi connectivity index (χ1n) is 10.7. The lowest BCUT2D eigenvalue weighted by Gasteiger charge is -2.24. The van der Waals surface area contributed by atoms with Gasteiger partial charge in [-0.1, -0.05) is 18.2 Å². The van der Waals surface area contributed by atoms with Gasteiger partial charge in [0.25, 0.3) is 11.8 Å². The molecular weight excluding hydrogens is 490 g/mol. The molecule has 1 aliphatic heterocycles. The molecule has 0 radical (unpaired) electrons. The van der Waals surface area contributed by atoms with Crippen LogP contribution in [0.2, 0.25) is 0 Å². The number of thiocarbonyl (C=S) groups is 1. The summed E-state index contributed by atoms with van der Waals surface area (Å²) < 4.78 is 32.3. The second-order valence-electron chi connectivity index (χ2n) is 7.72. The highest BCUT2D eigenvalue weighted by molar-refractivity contribution is 7.80. The summed E-state index contributed by atoms with van der Waals surface area (Å²) in [6, 6.07) is 15.5. The van der Waals surface area contributed by atoms with Gasteiger partial charge in [0.05, 0.1) is 24.9 Å². The van der Waals surface area contributed by atoms with E-state index in [9.17, 15) is 23.2 Å². The Kier molecular flexibility index (Phi) is 7.20. The van der Waals surface area contributed by atoms with Gasteiger partial charge in [0.1, 0.15) is 23.4 Å². The van der Waals surface area contributed by atoms with Crippen molar-refractivity contribution in [2.45, 2.75) is 12.5 Å². The summed E-state index contributed by atoms with van der Waals surface area (Å²) in [5.41, 5.74) is 3.14. The molecule has 36 heavy (non-hydrogen) atoms. The van der Waals surface area contributed by atoms with Gasteiger partial charge in [0.2, 0.25) is 11.0 Å². The van der Waals surface area contributed by atoms with Crippen LogP contribution in [0.25, 0.3) is 0 Å². The van der Waals surface area contributed by atoms with Crippen LogP contribution in [0, 0.1) is 11.6 Å². The first kappa shape index (κ1) is 24.7. The molecule has 1 heterocycles. The fraction of sp³-hybridized carbons (Fsp3) is 0.120. The van der Waals surface area contributed by atoms with Crippen molar-refractivity contribution in [1.82, 2.24) is 10.4 Å². The molecule has 0 aliphatic carbocycles. The van der Waals surface area contributed by atoms with E-state index in [1.165, 1.54) is 37.4 Å². The SMILES string of the molecule is COc1ccccc1NC(=O)CC1C(=O)N(c2ccc(F)cc2)C(=S)N1NC(=O)c1cccc(F)c1. The van der Waals surface area contributed by atoms with Crippen LogP contribution in [0.15, 0.2) is 72.8 Å². The number of carbonyl (C=O) groups is 3. The summed E-state index contributed by atoms with van der Waals surface area (Å²) in [4.78, 5) is 40.2. The van der Waals surface area contributed by atoms with E-state index >= 15 is 0 Å². The molecule has 1 aliphatic rings. The molecule has 2 N–H and O–H groups in total. The predicted octanol–water partition coefficient (Wildman–Crippen LogP) is 3.65. The molecule has 4 rings (SSSR count). The van der Waals surface area contributed by atoms with Gasteiger partial charge >= 0.3 is 0 Å². The largest absolute Gasteiger partial charge is 0.495 e. The molecule has 3 amide bonds. The number of ether oxygens (including phenoxy) is 1. The maximum atomic E-state index is 13.6. The lowest BCUT2D eigenvalue weighted by molar-refractivity contribution is -0.124. The van der Waals surface area contributed by atoms with Crippen LogP contribution in [0.4, 0.5) is 20.2 Å². The van der Waals surface area contributed by atoms with Gasteiger partial charge in [-0.3, -0.25) is 24.7 Å². The Hall–Kier alpha value is -4.38. The number of amides is 3. The number of nitrogens with one attached hydrogen (secondary N) is 2. The fourth-order valence-corrected chi connectivity index (χ4v) is 4.02. The zero-order valence-electron chi connectivity index (χ0n) is 18.9. The van der Waals surface area contributed by atoms with Crippen molar-refractivity contribution < 1.29 is 27.9 Å². The highest BCUT2D eigenvalue weighted by Crippen LogP contribution is 2.28. The zero-order chi connectivity index (χ0) is 25.8. The first-order chi connectivity index (χ1) is 17.3. The van der Waals surface area contributed by atoms with Crippen molar-refractivity contribution in [3.05, 3.63) is 90.0 Å². The number of halogens is 2. The first-order valence-corrected chi connectivity index (χ1v) is 11.1. The van der Waals surface area contributed by atoms with Crippen molar-refractivity contribution >= 4 is 46.4 Å².